The first-order chi connectivity index (χ1) is 9.24. The Labute approximate surface area is 112 Å². The number of nitrogens with one attached hydrogen (secondary N) is 1. The largest absolute Gasteiger partial charge is 0.337 e. The predicted molar refractivity (Wildman–Crippen MR) is 72.2 cm³/mol. The van der Waals surface area contributed by atoms with Gasteiger partial charge in [-0.05, 0) is 31.9 Å². The molecule has 0 spiro atoms. The number of nitrogens with zero attached hydrogens (tertiary/aromatic N) is 2. The lowest BCUT2D eigenvalue weighted by molar-refractivity contribution is 0.0743. The molecule has 2 fully saturated rings. The van der Waals surface area contributed by atoms with Crippen LogP contribution in [0.1, 0.15) is 29.6 Å². The van der Waals surface area contributed by atoms with Crippen LogP contribution >= 0.6 is 0 Å². The van der Waals surface area contributed by atoms with Crippen molar-refractivity contribution in [3.05, 3.63) is 34.2 Å². The van der Waals surface area contributed by atoms with Crippen molar-refractivity contribution < 1.29 is 4.79 Å². The maximum absolute atomic E-state index is 12.4. The summed E-state index contributed by atoms with van der Waals surface area (Å²) in [6.45, 7) is 3.90. The minimum absolute atomic E-state index is 0.0324. The monoisotopic (exact) mass is 261 g/mol. The third kappa shape index (κ3) is 2.56. The number of hydrogen-bond acceptors (Lipinski definition) is 3. The number of hydrogen-bond donors (Lipinski definition) is 1. The van der Waals surface area contributed by atoms with Crippen molar-refractivity contribution >= 4 is 5.91 Å². The molecule has 5 heteroatoms. The highest BCUT2D eigenvalue weighted by atomic mass is 16.2. The summed E-state index contributed by atoms with van der Waals surface area (Å²) in [5.74, 6) is 0.0324. The van der Waals surface area contributed by atoms with E-state index in [4.69, 9.17) is 0 Å². The van der Waals surface area contributed by atoms with Gasteiger partial charge in [-0.2, -0.15) is 0 Å². The zero-order valence-electron chi connectivity index (χ0n) is 11.0. The SMILES string of the molecule is O=C(c1ccc(=O)[nH]c1)N1CCCN2CCCC2C1. The molecule has 2 aliphatic rings. The summed E-state index contributed by atoms with van der Waals surface area (Å²) < 4.78 is 0. The molecule has 0 aromatic carbocycles. The van der Waals surface area contributed by atoms with Gasteiger partial charge in [0.1, 0.15) is 0 Å². The van der Waals surface area contributed by atoms with Crippen molar-refractivity contribution in [1.82, 2.24) is 14.8 Å². The number of carbonyl (C=O) groups excluding carboxylic acids is 1. The minimum atomic E-state index is -0.172. The second-order valence-electron chi connectivity index (χ2n) is 5.38. The number of carbonyl (C=O) groups is 1. The smallest absolute Gasteiger partial charge is 0.255 e. The number of fused-ring (bicyclic) bond motifs is 1. The molecule has 3 heterocycles. The van der Waals surface area contributed by atoms with Crippen molar-refractivity contribution in [3.63, 3.8) is 0 Å². The zero-order chi connectivity index (χ0) is 13.2. The van der Waals surface area contributed by atoms with Gasteiger partial charge in [-0.1, -0.05) is 0 Å². The molecule has 1 amide bonds. The van der Waals surface area contributed by atoms with Gasteiger partial charge in [0.05, 0.1) is 5.56 Å². The first-order valence-corrected chi connectivity index (χ1v) is 6.96. The van der Waals surface area contributed by atoms with E-state index in [-0.39, 0.29) is 11.5 Å². The summed E-state index contributed by atoms with van der Waals surface area (Å²) in [4.78, 5) is 30.5. The van der Waals surface area contributed by atoms with Crippen molar-refractivity contribution in [1.29, 1.82) is 0 Å². The van der Waals surface area contributed by atoms with Crippen molar-refractivity contribution in [3.8, 4) is 0 Å². The summed E-state index contributed by atoms with van der Waals surface area (Å²) in [5.41, 5.74) is 0.403. The standard InChI is InChI=1S/C14H19N3O2/c18-13-5-4-11(9-15-13)14(19)17-8-2-7-16-6-1-3-12(16)10-17/h4-5,9,12H,1-3,6-8,10H2,(H,15,18). The Morgan fingerprint density at radius 1 is 1.21 bits per heavy atom. The van der Waals surface area contributed by atoms with Crippen LogP contribution in [0.3, 0.4) is 0 Å². The van der Waals surface area contributed by atoms with E-state index in [0.29, 0.717) is 11.6 Å². The molecule has 1 aromatic heterocycles. The Bertz CT molecular complexity index is 505. The van der Waals surface area contributed by atoms with E-state index < -0.39 is 0 Å². The molecule has 1 atom stereocenters. The Morgan fingerprint density at radius 2 is 2.05 bits per heavy atom. The number of aromatic nitrogens is 1. The summed E-state index contributed by atoms with van der Waals surface area (Å²) >= 11 is 0. The van der Waals surface area contributed by atoms with Crippen molar-refractivity contribution in [2.24, 2.45) is 0 Å². The van der Waals surface area contributed by atoms with Gasteiger partial charge in [-0.25, -0.2) is 0 Å². The first kappa shape index (κ1) is 12.4. The number of aromatic amines is 1. The number of H-pyrrole nitrogens is 1. The predicted octanol–water partition coefficient (Wildman–Crippen LogP) is 0.685. The van der Waals surface area contributed by atoms with Gasteiger partial charge in [0.15, 0.2) is 0 Å². The highest BCUT2D eigenvalue weighted by Crippen LogP contribution is 2.22. The van der Waals surface area contributed by atoms with Crippen LogP contribution in [0.5, 0.6) is 0 Å². The maximum Gasteiger partial charge on any atom is 0.255 e. The van der Waals surface area contributed by atoms with Gasteiger partial charge in [0, 0.05) is 37.9 Å². The third-order valence-corrected chi connectivity index (χ3v) is 4.12. The molecular weight excluding hydrogens is 242 g/mol. The highest BCUT2D eigenvalue weighted by molar-refractivity contribution is 5.93. The molecule has 102 valence electrons. The molecule has 0 saturated carbocycles. The first-order valence-electron chi connectivity index (χ1n) is 6.96. The number of pyridine rings is 1. The van der Waals surface area contributed by atoms with Crippen molar-refractivity contribution in [2.45, 2.75) is 25.3 Å². The fourth-order valence-electron chi connectivity index (χ4n) is 3.12. The van der Waals surface area contributed by atoms with Gasteiger partial charge in [-0.3, -0.25) is 14.5 Å². The Kier molecular flexibility index (Phi) is 3.38. The molecule has 2 aliphatic heterocycles. The molecule has 5 nitrogen and oxygen atoms in total. The van der Waals surface area contributed by atoms with Gasteiger partial charge < -0.3 is 9.88 Å². The van der Waals surface area contributed by atoms with Crippen LogP contribution in [0.4, 0.5) is 0 Å². The van der Waals surface area contributed by atoms with Crippen LogP contribution in [0.25, 0.3) is 0 Å². The van der Waals surface area contributed by atoms with Crippen LogP contribution in [0.2, 0.25) is 0 Å². The number of rotatable bonds is 1. The highest BCUT2D eigenvalue weighted by Gasteiger charge is 2.30. The average Bonchev–Trinajstić information content (AvgIpc) is 2.76. The van der Waals surface area contributed by atoms with Gasteiger partial charge in [-0.15, -0.1) is 0 Å². The topological polar surface area (TPSA) is 56.4 Å². The Balaban J connectivity index is 1.75. The molecule has 1 N–H and O–H groups in total. The Morgan fingerprint density at radius 3 is 2.84 bits per heavy atom. The lowest BCUT2D eigenvalue weighted by Gasteiger charge is -2.25. The third-order valence-electron chi connectivity index (χ3n) is 4.12. The summed E-state index contributed by atoms with van der Waals surface area (Å²) in [6, 6.07) is 3.54. The molecular formula is C14H19N3O2. The maximum atomic E-state index is 12.4. The zero-order valence-corrected chi connectivity index (χ0v) is 11.0. The van der Waals surface area contributed by atoms with E-state index in [0.717, 1.165) is 26.1 Å². The van der Waals surface area contributed by atoms with E-state index in [2.05, 4.69) is 9.88 Å². The van der Waals surface area contributed by atoms with Crippen LogP contribution in [-0.4, -0.2) is 52.9 Å². The molecule has 1 aromatic rings. The van der Waals surface area contributed by atoms with E-state index in [1.165, 1.54) is 31.6 Å². The van der Waals surface area contributed by atoms with Gasteiger partial charge in [0.2, 0.25) is 5.56 Å². The van der Waals surface area contributed by atoms with Crippen LogP contribution in [0, 0.1) is 0 Å². The quantitative estimate of drug-likeness (QED) is 0.809. The normalized spacial score (nSPS) is 24.0. The van der Waals surface area contributed by atoms with E-state index >= 15 is 0 Å². The molecule has 0 radical (unpaired) electrons. The molecule has 19 heavy (non-hydrogen) atoms. The fraction of sp³-hybridized carbons (Fsp3) is 0.571. The van der Waals surface area contributed by atoms with Gasteiger partial charge >= 0.3 is 0 Å². The molecule has 0 aliphatic carbocycles. The lowest BCUT2D eigenvalue weighted by Crippen LogP contribution is -2.39. The van der Waals surface area contributed by atoms with Crippen LogP contribution < -0.4 is 5.56 Å². The molecule has 0 bridgehead atoms. The minimum Gasteiger partial charge on any atom is -0.337 e. The average molecular weight is 261 g/mol. The summed E-state index contributed by atoms with van der Waals surface area (Å²) in [7, 11) is 0. The lowest BCUT2D eigenvalue weighted by atomic mass is 10.2. The fourth-order valence-corrected chi connectivity index (χ4v) is 3.12. The van der Waals surface area contributed by atoms with E-state index in [1.807, 2.05) is 4.90 Å². The summed E-state index contributed by atoms with van der Waals surface area (Å²) in [6.07, 6.45) is 4.98. The number of amides is 1. The second kappa shape index (κ2) is 5.17. The second-order valence-corrected chi connectivity index (χ2v) is 5.38. The van der Waals surface area contributed by atoms with Gasteiger partial charge in [0.25, 0.3) is 5.91 Å². The van der Waals surface area contributed by atoms with Crippen LogP contribution in [0.15, 0.2) is 23.1 Å². The van der Waals surface area contributed by atoms with E-state index in [9.17, 15) is 9.59 Å². The van der Waals surface area contributed by atoms with E-state index in [1.54, 1.807) is 6.07 Å². The van der Waals surface area contributed by atoms with Crippen molar-refractivity contribution in [2.75, 3.05) is 26.2 Å². The summed E-state index contributed by atoms with van der Waals surface area (Å²) in [5, 5.41) is 0. The van der Waals surface area contributed by atoms with Crippen LogP contribution in [-0.2, 0) is 0 Å². The molecule has 3 rings (SSSR count). The molecule has 2 saturated heterocycles. The molecule has 1 unspecified atom stereocenters. The Hall–Kier alpha value is -1.62.